The summed E-state index contributed by atoms with van der Waals surface area (Å²) < 4.78 is 18.6. The predicted octanol–water partition coefficient (Wildman–Crippen LogP) is 6.72. The second kappa shape index (κ2) is 8.14. The van der Waals surface area contributed by atoms with E-state index in [4.69, 9.17) is 14.2 Å². The summed E-state index contributed by atoms with van der Waals surface area (Å²) in [7, 11) is 0. The van der Waals surface area contributed by atoms with Crippen molar-refractivity contribution in [3.05, 3.63) is 58.7 Å². The fourth-order valence-corrected chi connectivity index (χ4v) is 4.79. The molecule has 33 heavy (non-hydrogen) atoms. The maximum Gasteiger partial charge on any atom is 0.142 e. The number of phenols is 2. The Kier molecular flexibility index (Phi) is 5.40. The quantitative estimate of drug-likeness (QED) is 0.393. The summed E-state index contributed by atoms with van der Waals surface area (Å²) in [6.07, 6.45) is 6.87. The average molecular weight is 449 g/mol. The molecule has 1 saturated heterocycles. The molecule has 2 unspecified atom stereocenters. The number of allylic oxidation sites excluding steroid dienone is 3. The lowest BCUT2D eigenvalue weighted by Gasteiger charge is -2.28. The summed E-state index contributed by atoms with van der Waals surface area (Å²) in [5.41, 5.74) is 4.91. The van der Waals surface area contributed by atoms with E-state index in [1.165, 1.54) is 5.57 Å². The average Bonchev–Trinajstić information content (AvgIpc) is 3.40. The highest BCUT2D eigenvalue weighted by Gasteiger charge is 2.47. The number of ether oxygens (including phenoxy) is 3. The van der Waals surface area contributed by atoms with E-state index in [1.807, 2.05) is 12.1 Å². The van der Waals surface area contributed by atoms with Gasteiger partial charge in [-0.05, 0) is 83.6 Å². The van der Waals surface area contributed by atoms with Crippen LogP contribution in [-0.4, -0.2) is 28.0 Å². The maximum absolute atomic E-state index is 10.7. The molecule has 0 amide bonds. The Bertz CT molecular complexity index is 1150. The van der Waals surface area contributed by atoms with E-state index in [0.717, 1.165) is 53.7 Å². The number of fused-ring (bicyclic) bond motifs is 4. The lowest BCUT2D eigenvalue weighted by molar-refractivity contribution is 0.135. The standard InChI is InChI=1S/C28H32O5/c1-16(2)5-6-17-13-22-20-11-8-19(9-12-26-28(3,4)33-26)31-27(20)21-10-7-18(29)14-24(21)32-25(22)15-23(17)30/h5,7,10,13-15,19,26,29-30H,6,8-9,11-12H2,1-4H3. The van der Waals surface area contributed by atoms with Crippen LogP contribution in [-0.2, 0) is 15.9 Å². The van der Waals surface area contributed by atoms with Crippen LogP contribution in [0.1, 0.15) is 70.1 Å². The van der Waals surface area contributed by atoms with Gasteiger partial charge >= 0.3 is 0 Å². The van der Waals surface area contributed by atoms with Crippen molar-refractivity contribution in [3.8, 4) is 23.0 Å². The molecule has 2 atom stereocenters. The van der Waals surface area contributed by atoms with Gasteiger partial charge < -0.3 is 24.4 Å². The van der Waals surface area contributed by atoms with Gasteiger partial charge in [0.1, 0.15) is 28.8 Å². The first-order valence-electron chi connectivity index (χ1n) is 11.8. The van der Waals surface area contributed by atoms with Crippen LogP contribution in [0.5, 0.6) is 23.0 Å². The maximum atomic E-state index is 10.7. The van der Waals surface area contributed by atoms with Crippen molar-refractivity contribution in [2.24, 2.45) is 0 Å². The molecule has 3 aliphatic rings. The van der Waals surface area contributed by atoms with Crippen LogP contribution in [0.25, 0.3) is 11.3 Å². The first-order valence-corrected chi connectivity index (χ1v) is 11.8. The van der Waals surface area contributed by atoms with Crippen molar-refractivity contribution in [1.82, 2.24) is 0 Å². The lowest BCUT2D eigenvalue weighted by Crippen LogP contribution is -2.19. The minimum atomic E-state index is -0.0119. The van der Waals surface area contributed by atoms with Gasteiger partial charge in [0.05, 0.1) is 23.4 Å². The Morgan fingerprint density at radius 3 is 2.55 bits per heavy atom. The van der Waals surface area contributed by atoms with Crippen LogP contribution >= 0.6 is 0 Å². The van der Waals surface area contributed by atoms with Gasteiger partial charge in [0.25, 0.3) is 0 Å². The molecule has 2 aromatic rings. The third kappa shape index (κ3) is 4.34. The highest BCUT2D eigenvalue weighted by atomic mass is 16.6. The summed E-state index contributed by atoms with van der Waals surface area (Å²) in [6, 6.07) is 8.83. The molecule has 2 aromatic carbocycles. The third-order valence-electron chi connectivity index (χ3n) is 6.86. The van der Waals surface area contributed by atoms with Crippen molar-refractivity contribution < 1.29 is 24.4 Å². The van der Waals surface area contributed by atoms with E-state index >= 15 is 0 Å². The van der Waals surface area contributed by atoms with Crippen LogP contribution < -0.4 is 4.74 Å². The molecule has 0 saturated carbocycles. The molecule has 5 nitrogen and oxygen atoms in total. The van der Waals surface area contributed by atoms with Crippen LogP contribution in [0.15, 0.2) is 42.0 Å². The van der Waals surface area contributed by atoms with E-state index in [1.54, 1.807) is 18.2 Å². The summed E-state index contributed by atoms with van der Waals surface area (Å²) in [6.45, 7) is 8.36. The van der Waals surface area contributed by atoms with E-state index in [0.29, 0.717) is 24.0 Å². The van der Waals surface area contributed by atoms with E-state index in [2.05, 4.69) is 33.8 Å². The topological polar surface area (TPSA) is 71.5 Å². The molecule has 3 aliphatic heterocycles. The SMILES string of the molecule is CC(C)=CCc1cc2c(cc1O)Oc1cc(O)ccc1C1=C2CCC(CCC2OC2(C)C)O1. The van der Waals surface area contributed by atoms with Crippen LogP contribution in [0, 0.1) is 0 Å². The van der Waals surface area contributed by atoms with E-state index < -0.39 is 0 Å². The highest BCUT2D eigenvalue weighted by molar-refractivity contribution is 5.93. The molecule has 5 heteroatoms. The Morgan fingerprint density at radius 1 is 1.06 bits per heavy atom. The second-order valence-corrected chi connectivity index (χ2v) is 10.1. The molecule has 0 aliphatic carbocycles. The summed E-state index contributed by atoms with van der Waals surface area (Å²) in [4.78, 5) is 0. The minimum Gasteiger partial charge on any atom is -0.508 e. The van der Waals surface area contributed by atoms with Gasteiger partial charge in [0, 0.05) is 23.3 Å². The Balaban J connectivity index is 1.53. The van der Waals surface area contributed by atoms with Crippen LogP contribution in [0.3, 0.4) is 0 Å². The molecule has 174 valence electrons. The van der Waals surface area contributed by atoms with Gasteiger partial charge in [-0.2, -0.15) is 0 Å². The smallest absolute Gasteiger partial charge is 0.142 e. The van der Waals surface area contributed by atoms with E-state index in [9.17, 15) is 10.2 Å². The Hall–Kier alpha value is -2.92. The molecule has 3 heterocycles. The Morgan fingerprint density at radius 2 is 1.82 bits per heavy atom. The largest absolute Gasteiger partial charge is 0.508 e. The molecule has 0 aromatic heterocycles. The first kappa shape index (κ1) is 21.9. The van der Waals surface area contributed by atoms with Crippen LogP contribution in [0.2, 0.25) is 0 Å². The number of epoxide rings is 1. The van der Waals surface area contributed by atoms with Gasteiger partial charge in [-0.15, -0.1) is 0 Å². The van der Waals surface area contributed by atoms with Crippen molar-refractivity contribution in [3.63, 3.8) is 0 Å². The van der Waals surface area contributed by atoms with Crippen molar-refractivity contribution >= 4 is 11.3 Å². The van der Waals surface area contributed by atoms with Gasteiger partial charge in [-0.1, -0.05) is 11.6 Å². The number of phenolic OH excluding ortho intramolecular Hbond substituents is 2. The van der Waals surface area contributed by atoms with Gasteiger partial charge in [0.2, 0.25) is 0 Å². The summed E-state index contributed by atoms with van der Waals surface area (Å²) in [5.74, 6) is 2.27. The molecular formula is C28H32O5. The highest BCUT2D eigenvalue weighted by Crippen LogP contribution is 2.50. The minimum absolute atomic E-state index is 0.0119. The molecular weight excluding hydrogens is 416 g/mol. The zero-order valence-electron chi connectivity index (χ0n) is 19.8. The predicted molar refractivity (Wildman–Crippen MR) is 129 cm³/mol. The fraction of sp³-hybridized carbons (Fsp3) is 0.429. The molecule has 0 spiro atoms. The second-order valence-electron chi connectivity index (χ2n) is 10.1. The lowest BCUT2D eigenvalue weighted by atomic mass is 9.90. The van der Waals surface area contributed by atoms with Gasteiger partial charge in [-0.3, -0.25) is 0 Å². The third-order valence-corrected chi connectivity index (χ3v) is 6.86. The van der Waals surface area contributed by atoms with Crippen molar-refractivity contribution in [2.45, 2.75) is 77.6 Å². The monoisotopic (exact) mass is 448 g/mol. The zero-order valence-corrected chi connectivity index (χ0v) is 19.8. The number of hydrogen-bond donors (Lipinski definition) is 2. The molecule has 0 radical (unpaired) electrons. The van der Waals surface area contributed by atoms with Crippen molar-refractivity contribution in [2.75, 3.05) is 0 Å². The number of aromatic hydroxyl groups is 2. The van der Waals surface area contributed by atoms with Crippen LogP contribution in [0.4, 0.5) is 0 Å². The fourth-order valence-electron chi connectivity index (χ4n) is 4.79. The normalized spacial score (nSPS) is 22.2. The summed E-state index contributed by atoms with van der Waals surface area (Å²) >= 11 is 0. The molecule has 2 N–H and O–H groups in total. The molecule has 1 fully saturated rings. The first-order chi connectivity index (χ1) is 15.7. The van der Waals surface area contributed by atoms with Gasteiger partial charge in [0.15, 0.2) is 0 Å². The molecule has 5 rings (SSSR count). The zero-order chi connectivity index (χ0) is 23.3. The Labute approximate surface area is 195 Å². The number of benzene rings is 2. The van der Waals surface area contributed by atoms with E-state index in [-0.39, 0.29) is 23.2 Å². The number of rotatable bonds is 5. The number of hydrogen-bond acceptors (Lipinski definition) is 5. The van der Waals surface area contributed by atoms with Crippen molar-refractivity contribution in [1.29, 1.82) is 0 Å². The summed E-state index contributed by atoms with van der Waals surface area (Å²) in [5, 5.41) is 20.8. The molecule has 0 bridgehead atoms. The van der Waals surface area contributed by atoms with Gasteiger partial charge in [-0.25, -0.2) is 0 Å².